The number of nitrogen functional groups attached to an aromatic ring is 1. The molecule has 1 aliphatic heterocycles. The van der Waals surface area contributed by atoms with E-state index in [1.54, 1.807) is 0 Å². The lowest BCUT2D eigenvalue weighted by molar-refractivity contribution is -0.870. The molecule has 178 valence electrons. The van der Waals surface area contributed by atoms with Crippen LogP contribution < -0.4 is 11.4 Å². The van der Waals surface area contributed by atoms with Crippen LogP contribution in [0.5, 0.6) is 0 Å². The number of hydrogen-bond acceptors (Lipinski definition) is 11. The molecule has 0 radical (unpaired) electrons. The molecule has 31 heavy (non-hydrogen) atoms. The first kappa shape index (κ1) is 12.9. The molecule has 0 saturated carbocycles. The zero-order chi connectivity index (χ0) is 34.7. The van der Waals surface area contributed by atoms with Gasteiger partial charge in [0.25, 0.3) is 0 Å². The molecule has 2 heterocycles. The van der Waals surface area contributed by atoms with Crippen LogP contribution in [-0.2, 0) is 27.2 Å². The van der Waals surface area contributed by atoms with Gasteiger partial charge in [-0.25, -0.2) is 13.9 Å². The maximum Gasteiger partial charge on any atom is 0.481 e. The summed E-state index contributed by atoms with van der Waals surface area (Å²) >= 11 is 0. The maximum absolute atomic E-state index is 12.5. The van der Waals surface area contributed by atoms with E-state index >= 15 is 0 Å². The summed E-state index contributed by atoms with van der Waals surface area (Å²) in [5, 5.41) is 20.4. The minimum atomic E-state index is -6.45. The topological polar surface area (TPSA) is 213 Å². The van der Waals surface area contributed by atoms with E-state index < -0.39 is 90.9 Å². The third kappa shape index (κ3) is 7.70. The van der Waals surface area contributed by atoms with Gasteiger partial charge in [0.05, 0.1) is 45.4 Å². The first-order valence-corrected chi connectivity index (χ1v) is 10.8. The van der Waals surface area contributed by atoms with Gasteiger partial charge in [0, 0.05) is 6.20 Å². The van der Waals surface area contributed by atoms with E-state index in [4.69, 9.17) is 28.3 Å². The molecule has 1 saturated heterocycles. The molecule has 0 amide bonds. The summed E-state index contributed by atoms with van der Waals surface area (Å²) < 4.78 is 138. The molecule has 1 aliphatic rings. The van der Waals surface area contributed by atoms with Crippen molar-refractivity contribution in [3.05, 3.63) is 22.7 Å². The number of rotatable bonds is 10. The molecule has 2 unspecified atom stereocenters. The SMILES string of the molecule is [2H][13C]([2H])(OP(=O)(O)OP(=O)(O)OC[C@H]1O[C@@H](n2ccc(N)nc2=O)[C@H](O)[C@@H]1O)[13C]([2H])([2H])[N+]([13C]([2H])([2H])[2H])([13C]([2H])([2H])[2H])[13C]([2H])([2H])[2H]. The molecule has 6 N–H and O–H groups in total. The highest BCUT2D eigenvalue weighted by molar-refractivity contribution is 7.61. The average Bonchev–Trinajstić information content (AvgIpc) is 3.01. The number of phosphoric acid groups is 2. The number of nitrogens with zero attached hydrogens (tertiary/aromatic N) is 3. The van der Waals surface area contributed by atoms with Gasteiger partial charge < -0.3 is 35.0 Å². The lowest BCUT2D eigenvalue weighted by Gasteiger charge is -2.24. The standard InChI is InChI=1S/C14H26N4O11P2/c1-18(2,3)6-7-26-30(22,23)29-31(24,25)27-8-9-11(19)12(20)13(28-9)17-5-4-10(15)16-14(17)21/h4-5,9,11-13,19-20H,6-8H2,1-3H3,(H3-,15,16,21,22,23,24,25)/p+1/t9-,11-,12-,13-/m1/s1/i1+1D3,2+1D3,3+1D3,6+1D2,7+1D2. The number of hydrogen-bond donors (Lipinski definition) is 5. The van der Waals surface area contributed by atoms with Crippen LogP contribution in [0.15, 0.2) is 17.1 Å². The second-order valence-electron chi connectivity index (χ2n) is 5.88. The molecule has 6 atom stereocenters. The second kappa shape index (κ2) is 9.73. The van der Waals surface area contributed by atoms with Gasteiger partial charge in [-0.2, -0.15) is 9.29 Å². The van der Waals surface area contributed by atoms with Crippen LogP contribution >= 0.6 is 15.6 Å². The van der Waals surface area contributed by atoms with E-state index in [-0.39, 0.29) is 5.82 Å². The van der Waals surface area contributed by atoms with Gasteiger partial charge in [-0.05, 0) is 6.07 Å². The highest BCUT2D eigenvalue weighted by atomic mass is 31.3. The van der Waals surface area contributed by atoms with Gasteiger partial charge in [0.15, 0.2) is 6.23 Å². The highest BCUT2D eigenvalue weighted by Crippen LogP contribution is 2.60. The molecular formula is C14H27N4O11P2+. The second-order valence-corrected chi connectivity index (χ2v) is 8.85. The fourth-order valence-electron chi connectivity index (χ4n) is 2.20. The summed E-state index contributed by atoms with van der Waals surface area (Å²) in [4.78, 5) is 35.2. The van der Waals surface area contributed by atoms with Crippen molar-refractivity contribution in [1.82, 2.24) is 9.55 Å². The summed E-state index contributed by atoms with van der Waals surface area (Å²) in [5.74, 6) is -0.203. The molecule has 0 aliphatic carbocycles. The summed E-state index contributed by atoms with van der Waals surface area (Å²) in [6.45, 7) is -23.9. The van der Waals surface area contributed by atoms with E-state index in [0.29, 0.717) is 4.57 Å². The van der Waals surface area contributed by atoms with Crippen molar-refractivity contribution in [3.8, 4) is 0 Å². The van der Waals surface area contributed by atoms with E-state index in [2.05, 4.69) is 18.3 Å². The van der Waals surface area contributed by atoms with Crippen LogP contribution in [0.1, 0.15) is 24.0 Å². The molecule has 1 aromatic heterocycles. The highest BCUT2D eigenvalue weighted by Gasteiger charge is 2.46. The zero-order valence-corrected chi connectivity index (χ0v) is 16.9. The van der Waals surface area contributed by atoms with Gasteiger partial charge in [0.1, 0.15) is 37.2 Å². The van der Waals surface area contributed by atoms with Crippen molar-refractivity contribution in [2.45, 2.75) is 24.5 Å². The molecule has 0 aromatic carbocycles. The van der Waals surface area contributed by atoms with Crippen LogP contribution in [-0.4, -0.2) is 92.9 Å². The van der Waals surface area contributed by atoms with Crippen molar-refractivity contribution >= 4 is 21.5 Å². The first-order chi connectivity index (χ1) is 19.4. The third-order valence-corrected chi connectivity index (χ3v) is 5.89. The minimum Gasteiger partial charge on any atom is -0.387 e. The summed E-state index contributed by atoms with van der Waals surface area (Å²) in [6, 6.07) is 1.13. The Kier molecular flexibility index (Phi) is 4.04. The van der Waals surface area contributed by atoms with E-state index in [0.717, 1.165) is 12.3 Å². The monoisotopic (exact) mass is 507 g/mol. The molecule has 15 nitrogen and oxygen atoms in total. The van der Waals surface area contributed by atoms with Gasteiger partial charge in [0.2, 0.25) is 0 Å². The predicted octanol–water partition coefficient (Wildman–Crippen LogP) is -1.60. The van der Waals surface area contributed by atoms with Crippen LogP contribution in [0.3, 0.4) is 0 Å². The lowest BCUT2D eigenvalue weighted by atomic mass is 10.1. The fourth-order valence-corrected chi connectivity index (χ4v) is 4.06. The number of quaternary nitrogens is 1. The van der Waals surface area contributed by atoms with E-state index in [1.807, 2.05) is 0 Å². The summed E-state index contributed by atoms with van der Waals surface area (Å²) in [5.41, 5.74) is 4.32. The lowest BCUT2D eigenvalue weighted by Crippen LogP contribution is -2.37. The number of ether oxygens (including phenoxy) is 1. The minimum absolute atomic E-state index is 0.203. The van der Waals surface area contributed by atoms with Gasteiger partial charge >= 0.3 is 21.3 Å². The Morgan fingerprint density at radius 1 is 1.29 bits per heavy atom. The summed E-state index contributed by atoms with van der Waals surface area (Å²) in [6.07, 6.45) is -6.18. The molecule has 17 heteroatoms. The predicted molar refractivity (Wildman–Crippen MR) is 104 cm³/mol. The fraction of sp³-hybridized carbons (Fsp3) is 0.714. The Labute approximate surface area is 195 Å². The Bertz CT molecular complexity index is 1340. The molecule has 2 rings (SSSR count). The van der Waals surface area contributed by atoms with Crippen molar-refractivity contribution in [2.24, 2.45) is 0 Å². The Balaban J connectivity index is 2.29. The van der Waals surface area contributed by atoms with Gasteiger partial charge in [-0.3, -0.25) is 13.6 Å². The van der Waals surface area contributed by atoms with Crippen LogP contribution in [0.2, 0.25) is 0 Å². The Morgan fingerprint density at radius 3 is 2.55 bits per heavy atom. The zero-order valence-electron chi connectivity index (χ0n) is 28.1. The number of aliphatic hydroxyl groups excluding tert-OH is 2. The van der Waals surface area contributed by atoms with Gasteiger partial charge in [-0.1, -0.05) is 0 Å². The average molecular weight is 507 g/mol. The normalized spacial score (nSPS) is 36.6. The van der Waals surface area contributed by atoms with Gasteiger partial charge in [-0.15, -0.1) is 0 Å². The van der Waals surface area contributed by atoms with Crippen molar-refractivity contribution in [1.29, 1.82) is 0 Å². The number of anilines is 1. The first-order valence-electron chi connectivity index (χ1n) is 14.3. The maximum atomic E-state index is 12.5. The van der Waals surface area contributed by atoms with Crippen molar-refractivity contribution < 1.29 is 69.5 Å². The Hall–Kier alpha value is -1.22. The Morgan fingerprint density at radius 2 is 1.94 bits per heavy atom. The molecular weight excluding hydrogens is 467 g/mol. The number of phosphoric ester groups is 2. The molecule has 0 spiro atoms. The number of aliphatic hydroxyl groups is 2. The van der Waals surface area contributed by atoms with Crippen molar-refractivity contribution in [3.63, 3.8) is 0 Å². The number of aromatic nitrogens is 2. The quantitative estimate of drug-likeness (QED) is 0.137. The molecule has 1 aromatic rings. The summed E-state index contributed by atoms with van der Waals surface area (Å²) in [7, 11) is -12.4. The van der Waals surface area contributed by atoms with E-state index in [9.17, 15) is 33.9 Å². The molecule has 0 bridgehead atoms. The van der Waals surface area contributed by atoms with Crippen LogP contribution in [0.25, 0.3) is 0 Å². The smallest absolute Gasteiger partial charge is 0.387 e. The van der Waals surface area contributed by atoms with Crippen LogP contribution in [0.4, 0.5) is 5.82 Å². The van der Waals surface area contributed by atoms with E-state index in [1.165, 1.54) is 0 Å². The third-order valence-electron chi connectivity index (χ3n) is 3.45. The largest absolute Gasteiger partial charge is 0.481 e. The number of nitrogens with two attached hydrogens (primary N) is 1. The number of likely N-dealkylation sites (N-methyl/N-ethyl adjacent to an activating group) is 1. The van der Waals surface area contributed by atoms with Crippen LogP contribution in [0, 0.1) is 0 Å². The van der Waals surface area contributed by atoms with Crippen molar-refractivity contribution in [2.75, 3.05) is 46.3 Å². The molecule has 1 fully saturated rings.